The number of hydrogen-bond donors (Lipinski definition) is 0. The number of methoxy groups -OCH3 is 1. The highest BCUT2D eigenvalue weighted by atomic mass is 16.5. The SMILES string of the molecule is COC(=O)CCN(C)CC1CCCN(C)C1. The molecule has 0 bridgehead atoms. The number of esters is 1. The van der Waals surface area contributed by atoms with E-state index in [1.54, 1.807) is 0 Å². The quantitative estimate of drug-likeness (QED) is 0.652. The van der Waals surface area contributed by atoms with Crippen LogP contribution in [0.15, 0.2) is 0 Å². The second-order valence-electron chi connectivity index (χ2n) is 4.86. The lowest BCUT2D eigenvalue weighted by Crippen LogP contribution is -2.38. The Kier molecular flexibility index (Phi) is 5.77. The molecule has 1 aliphatic heterocycles. The Morgan fingerprint density at radius 3 is 2.94 bits per heavy atom. The van der Waals surface area contributed by atoms with Gasteiger partial charge in [0, 0.05) is 19.6 Å². The molecule has 4 heteroatoms. The zero-order valence-corrected chi connectivity index (χ0v) is 10.7. The highest BCUT2D eigenvalue weighted by Crippen LogP contribution is 2.15. The van der Waals surface area contributed by atoms with Crippen molar-refractivity contribution >= 4 is 5.97 Å². The molecular weight excluding hydrogens is 204 g/mol. The molecule has 0 N–H and O–H groups in total. The smallest absolute Gasteiger partial charge is 0.306 e. The van der Waals surface area contributed by atoms with Crippen LogP contribution in [0.1, 0.15) is 19.3 Å². The molecule has 1 fully saturated rings. The Bertz CT molecular complexity index is 221. The lowest BCUT2D eigenvalue weighted by atomic mass is 9.98. The van der Waals surface area contributed by atoms with E-state index in [1.807, 2.05) is 0 Å². The minimum Gasteiger partial charge on any atom is -0.469 e. The van der Waals surface area contributed by atoms with E-state index in [-0.39, 0.29) is 5.97 Å². The van der Waals surface area contributed by atoms with E-state index >= 15 is 0 Å². The second-order valence-corrected chi connectivity index (χ2v) is 4.86. The van der Waals surface area contributed by atoms with E-state index in [1.165, 1.54) is 33.0 Å². The fourth-order valence-electron chi connectivity index (χ4n) is 2.34. The third kappa shape index (κ3) is 4.94. The lowest BCUT2D eigenvalue weighted by Gasteiger charge is -2.32. The van der Waals surface area contributed by atoms with E-state index in [0.29, 0.717) is 6.42 Å². The largest absolute Gasteiger partial charge is 0.469 e. The third-order valence-electron chi connectivity index (χ3n) is 3.22. The number of rotatable bonds is 5. The molecule has 0 aromatic carbocycles. The van der Waals surface area contributed by atoms with Crippen molar-refractivity contribution in [1.29, 1.82) is 0 Å². The van der Waals surface area contributed by atoms with Crippen LogP contribution >= 0.6 is 0 Å². The first kappa shape index (κ1) is 13.5. The molecule has 4 nitrogen and oxygen atoms in total. The van der Waals surface area contributed by atoms with Crippen molar-refractivity contribution in [2.45, 2.75) is 19.3 Å². The minimum atomic E-state index is -0.118. The second kappa shape index (κ2) is 6.86. The summed E-state index contributed by atoms with van der Waals surface area (Å²) in [4.78, 5) is 15.6. The summed E-state index contributed by atoms with van der Waals surface area (Å²) in [5.41, 5.74) is 0. The standard InChI is InChI=1S/C12H24N2O2/c1-13-7-4-5-11(9-13)10-14(2)8-6-12(15)16-3/h11H,4-10H2,1-3H3. The highest BCUT2D eigenvalue weighted by molar-refractivity contribution is 5.69. The molecule has 1 saturated heterocycles. The van der Waals surface area contributed by atoms with Gasteiger partial charge in [0.2, 0.25) is 0 Å². The van der Waals surface area contributed by atoms with E-state index in [4.69, 9.17) is 0 Å². The van der Waals surface area contributed by atoms with E-state index in [2.05, 4.69) is 28.6 Å². The number of carbonyl (C=O) groups is 1. The van der Waals surface area contributed by atoms with Crippen LogP contribution in [0.25, 0.3) is 0 Å². The molecule has 16 heavy (non-hydrogen) atoms. The van der Waals surface area contributed by atoms with Crippen LogP contribution in [0.4, 0.5) is 0 Å². The first-order chi connectivity index (χ1) is 7.61. The van der Waals surface area contributed by atoms with Gasteiger partial charge in [0.1, 0.15) is 0 Å². The zero-order valence-electron chi connectivity index (χ0n) is 10.7. The van der Waals surface area contributed by atoms with Crippen LogP contribution in [0, 0.1) is 5.92 Å². The van der Waals surface area contributed by atoms with Gasteiger partial charge in [-0.25, -0.2) is 0 Å². The number of nitrogens with zero attached hydrogens (tertiary/aromatic N) is 2. The summed E-state index contributed by atoms with van der Waals surface area (Å²) in [6, 6.07) is 0. The Labute approximate surface area is 98.5 Å². The van der Waals surface area contributed by atoms with Gasteiger partial charge in [-0.2, -0.15) is 0 Å². The molecule has 1 rings (SSSR count). The van der Waals surface area contributed by atoms with E-state index in [0.717, 1.165) is 19.0 Å². The third-order valence-corrected chi connectivity index (χ3v) is 3.22. The van der Waals surface area contributed by atoms with E-state index in [9.17, 15) is 4.79 Å². The molecule has 0 aliphatic carbocycles. The molecule has 1 heterocycles. The maximum Gasteiger partial charge on any atom is 0.306 e. The molecule has 1 aliphatic rings. The number of likely N-dealkylation sites (tertiary alicyclic amines) is 1. The van der Waals surface area contributed by atoms with E-state index < -0.39 is 0 Å². The lowest BCUT2D eigenvalue weighted by molar-refractivity contribution is -0.140. The maximum absolute atomic E-state index is 11.0. The summed E-state index contributed by atoms with van der Waals surface area (Å²) in [7, 11) is 5.70. The van der Waals surface area contributed by atoms with Crippen LogP contribution in [-0.4, -0.2) is 63.2 Å². The fraction of sp³-hybridized carbons (Fsp3) is 0.917. The number of carbonyl (C=O) groups excluding carboxylic acids is 1. The van der Waals surface area contributed by atoms with Crippen LogP contribution in [0.3, 0.4) is 0 Å². The first-order valence-corrected chi connectivity index (χ1v) is 6.05. The minimum absolute atomic E-state index is 0.118. The van der Waals surface area contributed by atoms with Crippen molar-refractivity contribution in [1.82, 2.24) is 9.80 Å². The highest BCUT2D eigenvalue weighted by Gasteiger charge is 2.18. The van der Waals surface area contributed by atoms with Crippen LogP contribution < -0.4 is 0 Å². The zero-order chi connectivity index (χ0) is 12.0. The van der Waals surface area contributed by atoms with Crippen LogP contribution in [-0.2, 0) is 9.53 Å². The number of piperidine rings is 1. The topological polar surface area (TPSA) is 32.8 Å². The predicted octanol–water partition coefficient (Wildman–Crippen LogP) is 0.823. The molecule has 1 unspecified atom stereocenters. The molecule has 0 radical (unpaired) electrons. The van der Waals surface area contributed by atoms with Crippen molar-refractivity contribution in [3.8, 4) is 0 Å². The monoisotopic (exact) mass is 228 g/mol. The van der Waals surface area contributed by atoms with Gasteiger partial charge in [0.05, 0.1) is 13.5 Å². The summed E-state index contributed by atoms with van der Waals surface area (Å²) >= 11 is 0. The van der Waals surface area contributed by atoms with Gasteiger partial charge in [-0.15, -0.1) is 0 Å². The predicted molar refractivity (Wildman–Crippen MR) is 64.4 cm³/mol. The fourth-order valence-corrected chi connectivity index (χ4v) is 2.34. The molecule has 0 aromatic rings. The van der Waals surface area contributed by atoms with Crippen molar-refractivity contribution in [3.63, 3.8) is 0 Å². The molecular formula is C12H24N2O2. The van der Waals surface area contributed by atoms with Crippen molar-refractivity contribution in [2.75, 3.05) is 47.4 Å². The molecule has 0 amide bonds. The Balaban J connectivity index is 2.17. The molecule has 94 valence electrons. The van der Waals surface area contributed by atoms with Crippen LogP contribution in [0.2, 0.25) is 0 Å². The summed E-state index contributed by atoms with van der Waals surface area (Å²) in [5, 5.41) is 0. The summed E-state index contributed by atoms with van der Waals surface area (Å²) in [6.07, 6.45) is 3.11. The van der Waals surface area contributed by atoms with Gasteiger partial charge in [0.25, 0.3) is 0 Å². The van der Waals surface area contributed by atoms with Crippen molar-refractivity contribution in [2.24, 2.45) is 5.92 Å². The molecule has 0 aromatic heterocycles. The summed E-state index contributed by atoms with van der Waals surface area (Å²) in [5.74, 6) is 0.633. The Hall–Kier alpha value is -0.610. The number of hydrogen-bond acceptors (Lipinski definition) is 4. The molecule has 0 spiro atoms. The van der Waals surface area contributed by atoms with Gasteiger partial charge in [0.15, 0.2) is 0 Å². The summed E-state index contributed by atoms with van der Waals surface area (Å²) in [6.45, 7) is 4.29. The maximum atomic E-state index is 11.0. The average Bonchev–Trinajstić information content (AvgIpc) is 2.26. The Morgan fingerprint density at radius 1 is 1.56 bits per heavy atom. The van der Waals surface area contributed by atoms with Gasteiger partial charge < -0.3 is 14.5 Å². The Morgan fingerprint density at radius 2 is 2.31 bits per heavy atom. The van der Waals surface area contributed by atoms with Gasteiger partial charge in [-0.3, -0.25) is 4.79 Å². The van der Waals surface area contributed by atoms with Gasteiger partial charge >= 0.3 is 5.97 Å². The molecule has 1 atom stereocenters. The first-order valence-electron chi connectivity index (χ1n) is 6.05. The summed E-state index contributed by atoms with van der Waals surface area (Å²) < 4.78 is 4.63. The van der Waals surface area contributed by atoms with Crippen LogP contribution in [0.5, 0.6) is 0 Å². The number of ether oxygens (including phenoxy) is 1. The average molecular weight is 228 g/mol. The van der Waals surface area contributed by atoms with Crippen molar-refractivity contribution < 1.29 is 9.53 Å². The molecule has 0 saturated carbocycles. The van der Waals surface area contributed by atoms with Gasteiger partial charge in [-0.1, -0.05) is 0 Å². The van der Waals surface area contributed by atoms with Gasteiger partial charge in [-0.05, 0) is 39.4 Å². The van der Waals surface area contributed by atoms with Crippen molar-refractivity contribution in [3.05, 3.63) is 0 Å². The normalized spacial score (nSPS) is 22.4.